The van der Waals surface area contributed by atoms with Crippen molar-refractivity contribution < 1.29 is 14.3 Å². The van der Waals surface area contributed by atoms with Gasteiger partial charge in [0, 0.05) is 6.54 Å². The lowest BCUT2D eigenvalue weighted by Gasteiger charge is -2.13. The Bertz CT molecular complexity index is 1410. The number of hydrogen-bond donors (Lipinski definition) is 1. The number of hydrogen-bond acceptors (Lipinski definition) is 6. The van der Waals surface area contributed by atoms with Gasteiger partial charge in [0.2, 0.25) is 0 Å². The first kappa shape index (κ1) is 23.9. The number of aromatic nitrogens is 3. The van der Waals surface area contributed by atoms with Gasteiger partial charge in [-0.3, -0.25) is 4.79 Å². The van der Waals surface area contributed by atoms with E-state index < -0.39 is 5.97 Å². The van der Waals surface area contributed by atoms with Gasteiger partial charge in [0.25, 0.3) is 5.91 Å². The Balaban J connectivity index is 1.37. The van der Waals surface area contributed by atoms with E-state index in [4.69, 9.17) is 9.72 Å². The summed E-state index contributed by atoms with van der Waals surface area (Å²) in [5, 5.41) is 10.1. The SMILES string of the molecule is Cc1nn(-c2ccccc2)c2nc(-c3cccs3)cc(C(=O)OCC(=O)NCCC3=CCCCC3)c12. The van der Waals surface area contributed by atoms with E-state index in [9.17, 15) is 9.59 Å². The largest absolute Gasteiger partial charge is 0.452 e. The molecule has 4 aromatic rings. The molecule has 3 heterocycles. The van der Waals surface area contributed by atoms with E-state index in [0.29, 0.717) is 34.5 Å². The number of carbonyl (C=O) groups excluding carboxylic acids is 2. The molecule has 0 fully saturated rings. The fourth-order valence-electron chi connectivity index (χ4n) is 4.50. The number of aryl methyl sites for hydroxylation is 1. The van der Waals surface area contributed by atoms with Gasteiger partial charge in [-0.15, -0.1) is 11.3 Å². The van der Waals surface area contributed by atoms with Crippen LogP contribution in [0.3, 0.4) is 0 Å². The third-order valence-electron chi connectivity index (χ3n) is 6.29. The molecule has 36 heavy (non-hydrogen) atoms. The predicted molar refractivity (Wildman–Crippen MR) is 141 cm³/mol. The van der Waals surface area contributed by atoms with Crippen molar-refractivity contribution in [2.75, 3.05) is 13.2 Å². The minimum Gasteiger partial charge on any atom is -0.452 e. The lowest BCUT2D eigenvalue weighted by molar-refractivity contribution is -0.124. The van der Waals surface area contributed by atoms with Gasteiger partial charge >= 0.3 is 5.97 Å². The van der Waals surface area contributed by atoms with Crippen molar-refractivity contribution in [1.29, 1.82) is 0 Å². The van der Waals surface area contributed by atoms with Crippen LogP contribution in [-0.2, 0) is 9.53 Å². The molecule has 0 aliphatic heterocycles. The third kappa shape index (κ3) is 5.23. The first-order valence-electron chi connectivity index (χ1n) is 12.2. The van der Waals surface area contributed by atoms with Crippen molar-refractivity contribution >= 4 is 34.2 Å². The molecule has 0 saturated carbocycles. The number of para-hydroxylation sites is 1. The van der Waals surface area contributed by atoms with Gasteiger partial charge in [0.1, 0.15) is 0 Å². The number of ether oxygens (including phenoxy) is 1. The molecule has 7 nitrogen and oxygen atoms in total. The molecule has 1 N–H and O–H groups in total. The zero-order valence-electron chi connectivity index (χ0n) is 20.2. The van der Waals surface area contributed by atoms with E-state index in [1.165, 1.54) is 29.8 Å². The molecule has 1 aliphatic rings. The third-order valence-corrected chi connectivity index (χ3v) is 7.19. The van der Waals surface area contributed by atoms with Crippen LogP contribution < -0.4 is 5.32 Å². The second-order valence-corrected chi connectivity index (χ2v) is 9.80. The smallest absolute Gasteiger partial charge is 0.339 e. The highest BCUT2D eigenvalue weighted by molar-refractivity contribution is 7.13. The monoisotopic (exact) mass is 500 g/mol. The average Bonchev–Trinajstić information content (AvgIpc) is 3.56. The summed E-state index contributed by atoms with van der Waals surface area (Å²) in [6.07, 6.45) is 7.79. The van der Waals surface area contributed by atoms with Crippen LogP contribution in [0.2, 0.25) is 0 Å². The van der Waals surface area contributed by atoms with Crippen LogP contribution in [0.15, 0.2) is 65.6 Å². The summed E-state index contributed by atoms with van der Waals surface area (Å²) in [4.78, 5) is 31.4. The van der Waals surface area contributed by atoms with Gasteiger partial charge in [-0.1, -0.05) is 35.9 Å². The molecule has 0 radical (unpaired) electrons. The highest BCUT2D eigenvalue weighted by atomic mass is 32.1. The molecule has 0 saturated heterocycles. The molecule has 0 atom stereocenters. The molecular formula is C28H28N4O3S. The van der Waals surface area contributed by atoms with Gasteiger partial charge in [-0.2, -0.15) is 5.10 Å². The van der Waals surface area contributed by atoms with Gasteiger partial charge in [-0.05, 0) is 68.7 Å². The molecule has 5 rings (SSSR count). The number of benzene rings is 1. The second-order valence-electron chi connectivity index (χ2n) is 8.85. The van der Waals surface area contributed by atoms with Crippen LogP contribution in [0, 0.1) is 6.92 Å². The summed E-state index contributed by atoms with van der Waals surface area (Å²) >= 11 is 1.54. The van der Waals surface area contributed by atoms with Crippen molar-refractivity contribution in [2.45, 2.75) is 39.0 Å². The molecule has 0 bridgehead atoms. The van der Waals surface area contributed by atoms with Crippen LogP contribution in [0.1, 0.15) is 48.2 Å². The molecule has 0 spiro atoms. The van der Waals surface area contributed by atoms with Crippen molar-refractivity contribution in [2.24, 2.45) is 0 Å². The van der Waals surface area contributed by atoms with E-state index >= 15 is 0 Å². The predicted octanol–water partition coefficient (Wildman–Crippen LogP) is 5.62. The summed E-state index contributed by atoms with van der Waals surface area (Å²) in [6.45, 7) is 2.06. The number of thiophene rings is 1. The Morgan fingerprint density at radius 3 is 2.75 bits per heavy atom. The number of fused-ring (bicyclic) bond motifs is 1. The van der Waals surface area contributed by atoms with E-state index in [0.717, 1.165) is 29.8 Å². The molecule has 0 unspecified atom stereocenters. The maximum absolute atomic E-state index is 13.2. The van der Waals surface area contributed by atoms with Gasteiger partial charge in [-0.25, -0.2) is 14.5 Å². The normalized spacial score (nSPS) is 13.4. The summed E-state index contributed by atoms with van der Waals surface area (Å²) in [5.74, 6) is -0.874. The van der Waals surface area contributed by atoms with E-state index in [2.05, 4.69) is 16.5 Å². The zero-order chi connectivity index (χ0) is 24.9. The van der Waals surface area contributed by atoms with Crippen molar-refractivity contribution in [1.82, 2.24) is 20.1 Å². The fourth-order valence-corrected chi connectivity index (χ4v) is 5.19. The summed E-state index contributed by atoms with van der Waals surface area (Å²) < 4.78 is 7.20. The average molecular weight is 501 g/mol. The lowest BCUT2D eigenvalue weighted by atomic mass is 9.97. The Labute approximate surface area is 213 Å². The summed E-state index contributed by atoms with van der Waals surface area (Å²) in [5.41, 5.74) is 4.48. The van der Waals surface area contributed by atoms with Gasteiger partial charge < -0.3 is 10.1 Å². The van der Waals surface area contributed by atoms with Crippen LogP contribution in [0.5, 0.6) is 0 Å². The fraction of sp³-hybridized carbons (Fsp3) is 0.286. The van der Waals surface area contributed by atoms with Gasteiger partial charge in [0.15, 0.2) is 12.3 Å². The Morgan fingerprint density at radius 1 is 1.14 bits per heavy atom. The number of allylic oxidation sites excluding steroid dienone is 1. The topological polar surface area (TPSA) is 86.1 Å². The molecule has 1 aliphatic carbocycles. The number of nitrogens with zero attached hydrogens (tertiary/aromatic N) is 3. The molecule has 1 aromatic carbocycles. The molecule has 8 heteroatoms. The van der Waals surface area contributed by atoms with Crippen LogP contribution in [-0.4, -0.2) is 39.8 Å². The minimum atomic E-state index is -0.568. The van der Waals surface area contributed by atoms with Crippen LogP contribution >= 0.6 is 11.3 Å². The second kappa shape index (κ2) is 10.9. The Morgan fingerprint density at radius 2 is 2.00 bits per heavy atom. The van der Waals surface area contributed by atoms with Gasteiger partial charge in [0.05, 0.1) is 32.9 Å². The Kier molecular flexibility index (Phi) is 7.23. The highest BCUT2D eigenvalue weighted by Gasteiger charge is 2.22. The number of carbonyl (C=O) groups is 2. The van der Waals surface area contributed by atoms with E-state index in [1.807, 2.05) is 54.8 Å². The summed E-state index contributed by atoms with van der Waals surface area (Å²) in [7, 11) is 0. The Hall–Kier alpha value is -3.78. The van der Waals surface area contributed by atoms with E-state index in [1.54, 1.807) is 10.7 Å². The van der Waals surface area contributed by atoms with Crippen LogP contribution in [0.4, 0.5) is 0 Å². The number of nitrogens with one attached hydrogen (secondary N) is 1. The number of rotatable bonds is 8. The zero-order valence-corrected chi connectivity index (χ0v) is 21.0. The quantitative estimate of drug-likeness (QED) is 0.251. The van der Waals surface area contributed by atoms with Crippen molar-refractivity contribution in [3.8, 4) is 16.3 Å². The highest BCUT2D eigenvalue weighted by Crippen LogP contribution is 2.31. The minimum absolute atomic E-state index is 0.305. The molecular weight excluding hydrogens is 472 g/mol. The lowest BCUT2D eigenvalue weighted by Crippen LogP contribution is -2.30. The maximum Gasteiger partial charge on any atom is 0.339 e. The van der Waals surface area contributed by atoms with Crippen molar-refractivity contribution in [3.63, 3.8) is 0 Å². The molecule has 3 aromatic heterocycles. The van der Waals surface area contributed by atoms with E-state index in [-0.39, 0.29) is 12.5 Å². The first-order chi connectivity index (χ1) is 17.6. The maximum atomic E-state index is 13.2. The first-order valence-corrected chi connectivity index (χ1v) is 13.1. The standard InChI is InChI=1S/C28H28N4O3S/c1-19-26-22(28(34)35-18-25(33)29-15-14-20-9-4-2-5-10-20)17-23(24-13-8-16-36-24)30-27(26)32(31-19)21-11-6-3-7-12-21/h3,6-9,11-13,16-17H,2,4-5,10,14-15,18H2,1H3,(H,29,33). The van der Waals surface area contributed by atoms with Crippen LogP contribution in [0.25, 0.3) is 27.3 Å². The molecule has 184 valence electrons. The van der Waals surface area contributed by atoms with Crippen molar-refractivity contribution in [3.05, 3.63) is 76.8 Å². The summed E-state index contributed by atoms with van der Waals surface area (Å²) in [6, 6.07) is 15.3. The number of esters is 1. The number of amides is 1. The molecule has 1 amide bonds. The number of pyridine rings is 1.